The maximum atomic E-state index is 10.8. The van der Waals surface area contributed by atoms with Gasteiger partial charge in [0, 0.05) is 25.7 Å². The van der Waals surface area contributed by atoms with Crippen molar-refractivity contribution in [3.05, 3.63) is 23.9 Å². The molecule has 1 saturated heterocycles. The Labute approximate surface area is 107 Å². The molecular weight excluding hydrogens is 232 g/mol. The summed E-state index contributed by atoms with van der Waals surface area (Å²) in [5, 5.41) is 8.84. The standard InChI is InChI=1S/C11H14N2O3.C2H6/c14-11(15)9-2-1-3-10(12-8-9)13-4-6-16-7-5-13;1-2/h1-2,8H,3-7H2,(H,14,15);1-2H3. The van der Waals surface area contributed by atoms with Crippen LogP contribution in [0.1, 0.15) is 20.3 Å². The molecule has 0 bridgehead atoms. The van der Waals surface area contributed by atoms with E-state index in [0.29, 0.717) is 19.6 Å². The first-order valence-corrected chi connectivity index (χ1v) is 6.27. The molecule has 0 aromatic heterocycles. The first-order valence-electron chi connectivity index (χ1n) is 6.27. The minimum atomic E-state index is -0.941. The van der Waals surface area contributed by atoms with Crippen molar-refractivity contribution in [2.75, 3.05) is 26.3 Å². The topological polar surface area (TPSA) is 62.1 Å². The van der Waals surface area contributed by atoms with Crippen LogP contribution in [0.25, 0.3) is 0 Å². The van der Waals surface area contributed by atoms with Crippen molar-refractivity contribution in [1.82, 2.24) is 4.90 Å². The molecule has 18 heavy (non-hydrogen) atoms. The maximum Gasteiger partial charge on any atom is 0.337 e. The number of aliphatic imine (C=N–C) groups is 1. The Morgan fingerprint density at radius 3 is 2.67 bits per heavy atom. The van der Waals surface area contributed by atoms with Crippen LogP contribution in [0.15, 0.2) is 28.9 Å². The highest BCUT2D eigenvalue weighted by Crippen LogP contribution is 2.09. The van der Waals surface area contributed by atoms with Crippen LogP contribution in [-0.4, -0.2) is 48.1 Å². The molecule has 0 aliphatic carbocycles. The Morgan fingerprint density at radius 1 is 1.39 bits per heavy atom. The van der Waals surface area contributed by atoms with Crippen molar-refractivity contribution in [3.63, 3.8) is 0 Å². The van der Waals surface area contributed by atoms with Crippen LogP contribution in [0.5, 0.6) is 0 Å². The molecule has 0 aromatic rings. The van der Waals surface area contributed by atoms with E-state index in [-0.39, 0.29) is 5.57 Å². The monoisotopic (exact) mass is 252 g/mol. The molecule has 1 N–H and O–H groups in total. The minimum Gasteiger partial charge on any atom is -0.478 e. The molecule has 1 fully saturated rings. The normalized spacial score (nSPS) is 19.1. The molecule has 2 rings (SSSR count). The van der Waals surface area contributed by atoms with Gasteiger partial charge in [0.1, 0.15) is 5.84 Å². The van der Waals surface area contributed by atoms with Crippen molar-refractivity contribution in [1.29, 1.82) is 0 Å². The van der Waals surface area contributed by atoms with Crippen molar-refractivity contribution in [2.24, 2.45) is 4.99 Å². The zero-order valence-electron chi connectivity index (χ0n) is 10.9. The highest BCUT2D eigenvalue weighted by Gasteiger charge is 2.15. The lowest BCUT2D eigenvalue weighted by atomic mass is 10.2. The molecule has 5 nitrogen and oxygen atoms in total. The summed E-state index contributed by atoms with van der Waals surface area (Å²) in [5.41, 5.74) is 0.225. The van der Waals surface area contributed by atoms with Crippen LogP contribution in [0.2, 0.25) is 0 Å². The van der Waals surface area contributed by atoms with E-state index < -0.39 is 5.97 Å². The molecule has 0 aromatic carbocycles. The zero-order valence-corrected chi connectivity index (χ0v) is 10.9. The van der Waals surface area contributed by atoms with Crippen molar-refractivity contribution >= 4 is 11.8 Å². The summed E-state index contributed by atoms with van der Waals surface area (Å²) in [4.78, 5) is 17.1. The molecule has 0 saturated carbocycles. The Kier molecular flexibility index (Phi) is 6.14. The molecule has 5 heteroatoms. The molecule has 0 atom stereocenters. The van der Waals surface area contributed by atoms with Crippen LogP contribution in [-0.2, 0) is 9.53 Å². The lowest BCUT2D eigenvalue weighted by molar-refractivity contribution is -0.132. The number of amidine groups is 1. The largest absolute Gasteiger partial charge is 0.478 e. The van der Waals surface area contributed by atoms with Gasteiger partial charge in [0.15, 0.2) is 0 Å². The van der Waals surface area contributed by atoms with Gasteiger partial charge in [0.25, 0.3) is 0 Å². The van der Waals surface area contributed by atoms with Crippen molar-refractivity contribution in [3.8, 4) is 0 Å². The zero-order chi connectivity index (χ0) is 13.4. The average molecular weight is 252 g/mol. The summed E-state index contributed by atoms with van der Waals surface area (Å²) in [6, 6.07) is 0. The summed E-state index contributed by atoms with van der Waals surface area (Å²) in [7, 11) is 0. The fourth-order valence-corrected chi connectivity index (χ4v) is 1.69. The van der Waals surface area contributed by atoms with E-state index in [4.69, 9.17) is 9.84 Å². The molecule has 0 radical (unpaired) electrons. The van der Waals surface area contributed by atoms with Gasteiger partial charge in [-0.1, -0.05) is 19.9 Å². The van der Waals surface area contributed by atoms with E-state index in [1.165, 1.54) is 6.20 Å². The van der Waals surface area contributed by atoms with E-state index in [2.05, 4.69) is 9.89 Å². The van der Waals surface area contributed by atoms with Gasteiger partial charge in [-0.05, 0) is 6.08 Å². The Balaban J connectivity index is 0.000000771. The number of hydrogen-bond acceptors (Lipinski definition) is 4. The van der Waals surface area contributed by atoms with Gasteiger partial charge in [-0.2, -0.15) is 0 Å². The lowest BCUT2D eigenvalue weighted by Crippen LogP contribution is -2.40. The van der Waals surface area contributed by atoms with E-state index in [1.807, 2.05) is 19.9 Å². The van der Waals surface area contributed by atoms with Crippen LogP contribution in [0.4, 0.5) is 0 Å². The quantitative estimate of drug-likeness (QED) is 0.771. The number of carboxylic acids is 1. The van der Waals surface area contributed by atoms with Crippen LogP contribution >= 0.6 is 0 Å². The number of nitrogens with zero attached hydrogens (tertiary/aromatic N) is 2. The Hall–Kier alpha value is -1.62. The van der Waals surface area contributed by atoms with Gasteiger partial charge in [0.2, 0.25) is 0 Å². The summed E-state index contributed by atoms with van der Waals surface area (Å²) >= 11 is 0. The van der Waals surface area contributed by atoms with Crippen molar-refractivity contribution in [2.45, 2.75) is 20.3 Å². The molecule has 0 spiro atoms. The Bertz CT molecular complexity index is 366. The van der Waals surface area contributed by atoms with E-state index in [1.54, 1.807) is 6.08 Å². The van der Waals surface area contributed by atoms with Gasteiger partial charge in [0.05, 0.1) is 18.8 Å². The van der Waals surface area contributed by atoms with E-state index in [9.17, 15) is 4.79 Å². The first-order chi connectivity index (χ1) is 8.77. The number of carbonyl (C=O) groups is 1. The van der Waals surface area contributed by atoms with E-state index in [0.717, 1.165) is 18.9 Å². The average Bonchev–Trinajstić information content (AvgIpc) is 2.68. The third kappa shape index (κ3) is 4.00. The second-order valence-electron chi connectivity index (χ2n) is 3.64. The predicted octanol–water partition coefficient (Wildman–Crippen LogP) is 1.67. The third-order valence-electron chi connectivity index (χ3n) is 2.57. The fraction of sp³-hybridized carbons (Fsp3) is 0.538. The number of rotatable bonds is 1. The smallest absolute Gasteiger partial charge is 0.337 e. The first kappa shape index (κ1) is 14.4. The number of aliphatic carboxylic acids is 1. The fourth-order valence-electron chi connectivity index (χ4n) is 1.69. The lowest BCUT2D eigenvalue weighted by Gasteiger charge is -2.29. The summed E-state index contributed by atoms with van der Waals surface area (Å²) in [6.07, 6.45) is 5.52. The molecule has 0 unspecified atom stereocenters. The molecule has 0 amide bonds. The molecule has 2 heterocycles. The third-order valence-corrected chi connectivity index (χ3v) is 2.57. The van der Waals surface area contributed by atoms with E-state index >= 15 is 0 Å². The number of ether oxygens (including phenoxy) is 1. The summed E-state index contributed by atoms with van der Waals surface area (Å²) < 4.78 is 5.26. The van der Waals surface area contributed by atoms with Gasteiger partial charge < -0.3 is 14.7 Å². The molecule has 2 aliphatic rings. The van der Waals surface area contributed by atoms with Gasteiger partial charge in [-0.25, -0.2) is 9.79 Å². The second kappa shape index (κ2) is 7.66. The number of hydrogen-bond donors (Lipinski definition) is 1. The number of carboxylic acid groups (broad SMARTS) is 1. The Morgan fingerprint density at radius 2 is 2.06 bits per heavy atom. The van der Waals surface area contributed by atoms with Crippen LogP contribution < -0.4 is 0 Å². The highest BCUT2D eigenvalue weighted by molar-refractivity contribution is 5.92. The highest BCUT2D eigenvalue weighted by atomic mass is 16.5. The number of morpholine rings is 1. The van der Waals surface area contributed by atoms with Gasteiger partial charge in [-0.15, -0.1) is 0 Å². The summed E-state index contributed by atoms with van der Waals surface area (Å²) in [6.45, 7) is 7.06. The summed E-state index contributed by atoms with van der Waals surface area (Å²) in [5.74, 6) is -0.0287. The van der Waals surface area contributed by atoms with Crippen LogP contribution in [0.3, 0.4) is 0 Å². The maximum absolute atomic E-state index is 10.8. The molecule has 2 aliphatic heterocycles. The SMILES string of the molecule is CC.O=C(O)C1=CN=C(N2CCOCC2)CC=C1. The van der Waals surface area contributed by atoms with Crippen LogP contribution in [0, 0.1) is 0 Å². The second-order valence-corrected chi connectivity index (χ2v) is 3.64. The molecular formula is C13H20N2O3. The molecule has 100 valence electrons. The van der Waals surface area contributed by atoms with Crippen molar-refractivity contribution < 1.29 is 14.6 Å². The van der Waals surface area contributed by atoms with Gasteiger partial charge in [-0.3, -0.25) is 0 Å². The van der Waals surface area contributed by atoms with Gasteiger partial charge >= 0.3 is 5.97 Å². The minimum absolute atomic E-state index is 0.225. The predicted molar refractivity (Wildman–Crippen MR) is 70.7 cm³/mol.